The summed E-state index contributed by atoms with van der Waals surface area (Å²) >= 11 is 9.78. The van der Waals surface area contributed by atoms with Gasteiger partial charge in [-0.1, -0.05) is 35.7 Å². The van der Waals surface area contributed by atoms with E-state index in [1.807, 2.05) is 13.8 Å². The van der Waals surface area contributed by atoms with Crippen molar-refractivity contribution < 1.29 is 9.53 Å². The first-order chi connectivity index (χ1) is 8.01. The van der Waals surface area contributed by atoms with E-state index in [0.717, 1.165) is 25.7 Å². The van der Waals surface area contributed by atoms with Crippen molar-refractivity contribution in [2.24, 2.45) is 5.92 Å². The number of halogens is 2. The molecule has 0 aromatic rings. The van der Waals surface area contributed by atoms with Crippen LogP contribution in [0.15, 0.2) is 0 Å². The van der Waals surface area contributed by atoms with E-state index in [-0.39, 0.29) is 11.3 Å². The Kier molecular flexibility index (Phi) is 6.28. The lowest BCUT2D eigenvalue weighted by Crippen LogP contribution is -2.36. The minimum Gasteiger partial charge on any atom is -0.465 e. The summed E-state index contributed by atoms with van der Waals surface area (Å²) in [5.41, 5.74) is 0. The maximum Gasteiger partial charge on any atom is 0.322 e. The van der Waals surface area contributed by atoms with Crippen molar-refractivity contribution in [3.8, 4) is 0 Å². The van der Waals surface area contributed by atoms with Crippen LogP contribution in [0, 0.1) is 5.92 Å². The summed E-state index contributed by atoms with van der Waals surface area (Å²) in [6.45, 7) is 4.30. The van der Waals surface area contributed by atoms with Gasteiger partial charge in [0.15, 0.2) is 0 Å². The number of ether oxygens (including phenoxy) is 1. The van der Waals surface area contributed by atoms with E-state index >= 15 is 0 Å². The standard InChI is InChI=1S/C13H22BrClO2/c1-3-13(14,12(16)17-4-2)9-10-6-5-7-11(15)8-10/h10-11H,3-9H2,1-2H3. The van der Waals surface area contributed by atoms with Crippen molar-refractivity contribution in [2.75, 3.05) is 6.61 Å². The molecule has 4 heteroatoms. The monoisotopic (exact) mass is 324 g/mol. The molecule has 100 valence electrons. The third kappa shape index (κ3) is 4.44. The average molecular weight is 326 g/mol. The fourth-order valence-corrected chi connectivity index (χ4v) is 3.48. The van der Waals surface area contributed by atoms with Crippen LogP contribution in [0.1, 0.15) is 52.4 Å². The van der Waals surface area contributed by atoms with Gasteiger partial charge in [-0.3, -0.25) is 4.79 Å². The minimum absolute atomic E-state index is 0.126. The molecule has 0 saturated heterocycles. The number of esters is 1. The van der Waals surface area contributed by atoms with Crippen LogP contribution < -0.4 is 0 Å². The van der Waals surface area contributed by atoms with Crippen LogP contribution in [-0.4, -0.2) is 22.3 Å². The quantitative estimate of drug-likeness (QED) is 0.557. The van der Waals surface area contributed by atoms with Crippen molar-refractivity contribution in [1.82, 2.24) is 0 Å². The lowest BCUT2D eigenvalue weighted by atomic mass is 9.81. The Morgan fingerprint density at radius 1 is 1.47 bits per heavy atom. The molecule has 1 aliphatic carbocycles. The lowest BCUT2D eigenvalue weighted by molar-refractivity contribution is -0.146. The lowest BCUT2D eigenvalue weighted by Gasteiger charge is -2.32. The van der Waals surface area contributed by atoms with Gasteiger partial charge < -0.3 is 4.74 Å². The largest absolute Gasteiger partial charge is 0.465 e. The Labute approximate surface area is 118 Å². The maximum atomic E-state index is 11.9. The summed E-state index contributed by atoms with van der Waals surface area (Å²) < 4.78 is 4.64. The molecular weight excluding hydrogens is 303 g/mol. The fraction of sp³-hybridized carbons (Fsp3) is 0.923. The van der Waals surface area contributed by atoms with Gasteiger partial charge >= 0.3 is 5.97 Å². The first kappa shape index (κ1) is 15.3. The molecule has 0 radical (unpaired) electrons. The molecular formula is C13H22BrClO2. The average Bonchev–Trinajstić information content (AvgIpc) is 2.29. The van der Waals surface area contributed by atoms with Gasteiger partial charge in [-0.25, -0.2) is 0 Å². The summed E-state index contributed by atoms with van der Waals surface area (Å²) in [5.74, 6) is 0.411. The molecule has 0 heterocycles. The zero-order chi connectivity index (χ0) is 12.9. The van der Waals surface area contributed by atoms with E-state index in [1.54, 1.807) is 0 Å². The van der Waals surface area contributed by atoms with Crippen molar-refractivity contribution in [3.63, 3.8) is 0 Å². The highest BCUT2D eigenvalue weighted by molar-refractivity contribution is 9.10. The van der Waals surface area contributed by atoms with Crippen LogP contribution in [0.2, 0.25) is 0 Å². The molecule has 1 saturated carbocycles. The van der Waals surface area contributed by atoms with Crippen molar-refractivity contribution >= 4 is 33.5 Å². The molecule has 1 rings (SSSR count). The molecule has 3 atom stereocenters. The van der Waals surface area contributed by atoms with Gasteiger partial charge in [0.2, 0.25) is 0 Å². The molecule has 3 unspecified atom stereocenters. The molecule has 1 fully saturated rings. The topological polar surface area (TPSA) is 26.3 Å². The van der Waals surface area contributed by atoms with E-state index in [2.05, 4.69) is 15.9 Å². The fourth-order valence-electron chi connectivity index (χ4n) is 2.50. The molecule has 1 aliphatic rings. The maximum absolute atomic E-state index is 11.9. The van der Waals surface area contributed by atoms with Gasteiger partial charge in [0.05, 0.1) is 6.61 Å². The van der Waals surface area contributed by atoms with Crippen molar-refractivity contribution in [3.05, 3.63) is 0 Å². The second-order valence-corrected chi connectivity index (χ2v) is 7.01. The highest BCUT2D eigenvalue weighted by atomic mass is 79.9. The van der Waals surface area contributed by atoms with Crippen LogP contribution in [0.4, 0.5) is 0 Å². The molecule has 2 nitrogen and oxygen atoms in total. The second kappa shape index (κ2) is 6.98. The predicted molar refractivity (Wildman–Crippen MR) is 74.8 cm³/mol. The number of hydrogen-bond donors (Lipinski definition) is 0. The molecule has 17 heavy (non-hydrogen) atoms. The highest BCUT2D eigenvalue weighted by Gasteiger charge is 2.38. The van der Waals surface area contributed by atoms with Crippen molar-refractivity contribution in [2.45, 2.75) is 62.1 Å². The minimum atomic E-state index is -0.512. The number of alkyl halides is 2. The zero-order valence-corrected chi connectivity index (χ0v) is 13.0. The Morgan fingerprint density at radius 2 is 2.18 bits per heavy atom. The van der Waals surface area contributed by atoms with Crippen LogP contribution in [0.3, 0.4) is 0 Å². The van der Waals surface area contributed by atoms with Gasteiger partial charge in [-0.15, -0.1) is 11.6 Å². The highest BCUT2D eigenvalue weighted by Crippen LogP contribution is 2.38. The molecule has 0 bridgehead atoms. The van der Waals surface area contributed by atoms with Gasteiger partial charge in [-0.2, -0.15) is 0 Å². The third-order valence-electron chi connectivity index (χ3n) is 3.53. The summed E-state index contributed by atoms with van der Waals surface area (Å²) in [6, 6.07) is 0. The molecule has 0 spiro atoms. The van der Waals surface area contributed by atoms with E-state index < -0.39 is 4.32 Å². The summed E-state index contributed by atoms with van der Waals surface area (Å²) in [7, 11) is 0. The van der Waals surface area contributed by atoms with Crippen molar-refractivity contribution in [1.29, 1.82) is 0 Å². The SMILES string of the molecule is CCOC(=O)C(Br)(CC)CC1CCCC(Cl)C1. The zero-order valence-electron chi connectivity index (χ0n) is 10.7. The summed E-state index contributed by atoms with van der Waals surface area (Å²) in [6.07, 6.45) is 6.08. The number of carbonyl (C=O) groups excluding carboxylic acids is 1. The van der Waals surface area contributed by atoms with E-state index in [9.17, 15) is 4.79 Å². The third-order valence-corrected chi connectivity index (χ3v) is 5.14. The first-order valence-corrected chi connectivity index (χ1v) is 7.75. The van der Waals surface area contributed by atoms with Crippen LogP contribution >= 0.6 is 27.5 Å². The van der Waals surface area contributed by atoms with Crippen LogP contribution in [0.5, 0.6) is 0 Å². The van der Waals surface area contributed by atoms with Gasteiger partial charge in [0.25, 0.3) is 0 Å². The number of carbonyl (C=O) groups is 1. The second-order valence-electron chi connectivity index (χ2n) is 4.87. The Hall–Kier alpha value is 0.240. The Balaban J connectivity index is 2.57. The smallest absolute Gasteiger partial charge is 0.322 e. The normalized spacial score (nSPS) is 28.5. The molecule has 0 amide bonds. The van der Waals surface area contributed by atoms with Crippen LogP contribution in [-0.2, 0) is 9.53 Å². The molecule has 0 aromatic heterocycles. The summed E-state index contributed by atoms with van der Waals surface area (Å²) in [5, 5.41) is 0.282. The van der Waals surface area contributed by atoms with Gasteiger partial charge in [-0.05, 0) is 38.5 Å². The predicted octanol–water partition coefficient (Wildman–Crippen LogP) is 4.28. The molecule has 0 aliphatic heterocycles. The van der Waals surface area contributed by atoms with Crippen LogP contribution in [0.25, 0.3) is 0 Å². The Bertz CT molecular complexity index is 260. The molecule has 0 aromatic carbocycles. The molecule has 0 N–H and O–H groups in total. The first-order valence-electron chi connectivity index (χ1n) is 6.52. The van der Waals surface area contributed by atoms with E-state index in [0.29, 0.717) is 12.5 Å². The number of rotatable bonds is 5. The number of hydrogen-bond acceptors (Lipinski definition) is 2. The summed E-state index contributed by atoms with van der Waals surface area (Å²) in [4.78, 5) is 11.9. The van der Waals surface area contributed by atoms with Gasteiger partial charge in [0.1, 0.15) is 4.32 Å². The van der Waals surface area contributed by atoms with Gasteiger partial charge in [0, 0.05) is 5.38 Å². The Morgan fingerprint density at radius 3 is 2.71 bits per heavy atom. The van der Waals surface area contributed by atoms with E-state index in [4.69, 9.17) is 16.3 Å². The van der Waals surface area contributed by atoms with E-state index in [1.165, 1.54) is 12.8 Å².